The van der Waals surface area contributed by atoms with Crippen molar-refractivity contribution in [2.75, 3.05) is 19.4 Å². The predicted molar refractivity (Wildman–Crippen MR) is 132 cm³/mol. The molecule has 0 saturated carbocycles. The standard InChI is InChI=1S/C24H26N8O6/c1-24(2)37-17-18(36-23(19(17)38-24)32-12-29-16-20(25)27-11-28-21(16)32)22(33)26-9-5-4-6-13-7-8-15(35-3)14(31-13)10-30-34/h7-8,10-12,17-19,23,34H,5,9H2,1-3H3,(H,26,33)(H2,25,27,28)/t17-,18+,19-,23-/m1/s1. The van der Waals surface area contributed by atoms with E-state index in [9.17, 15) is 4.79 Å². The van der Waals surface area contributed by atoms with Crippen LogP contribution >= 0.6 is 0 Å². The van der Waals surface area contributed by atoms with Crippen molar-refractivity contribution in [3.8, 4) is 17.6 Å². The first kappa shape index (κ1) is 25.3. The summed E-state index contributed by atoms with van der Waals surface area (Å²) in [5, 5.41) is 14.6. The van der Waals surface area contributed by atoms with Crippen LogP contribution in [0, 0.1) is 11.8 Å². The average molecular weight is 523 g/mol. The molecule has 3 aromatic rings. The molecule has 1 amide bonds. The highest BCUT2D eigenvalue weighted by molar-refractivity contribution is 5.83. The molecule has 2 saturated heterocycles. The summed E-state index contributed by atoms with van der Waals surface area (Å²) in [5.74, 6) is 5.31. The number of aromatic nitrogens is 5. The normalized spacial score (nSPS) is 23.8. The molecule has 2 aliphatic rings. The second-order valence-electron chi connectivity index (χ2n) is 8.97. The zero-order valence-corrected chi connectivity index (χ0v) is 20.9. The third-order valence-corrected chi connectivity index (χ3v) is 6.00. The molecule has 2 aliphatic heterocycles. The molecule has 4 atom stereocenters. The van der Waals surface area contributed by atoms with Crippen LogP contribution in [0.3, 0.4) is 0 Å². The maximum absolute atomic E-state index is 13.1. The Hall–Kier alpha value is -4.32. The van der Waals surface area contributed by atoms with Crippen LogP contribution in [0.25, 0.3) is 11.2 Å². The van der Waals surface area contributed by atoms with Gasteiger partial charge < -0.3 is 35.2 Å². The lowest BCUT2D eigenvalue weighted by Crippen LogP contribution is -2.43. The van der Waals surface area contributed by atoms with Crippen molar-refractivity contribution in [1.29, 1.82) is 0 Å². The number of carbonyl (C=O) groups excluding carboxylic acids is 1. The summed E-state index contributed by atoms with van der Waals surface area (Å²) in [6, 6.07) is 3.36. The molecule has 0 spiro atoms. The summed E-state index contributed by atoms with van der Waals surface area (Å²) in [5.41, 5.74) is 7.63. The zero-order valence-electron chi connectivity index (χ0n) is 20.9. The largest absolute Gasteiger partial charge is 0.494 e. The van der Waals surface area contributed by atoms with Crippen molar-refractivity contribution in [3.63, 3.8) is 0 Å². The molecule has 5 heterocycles. The molecule has 0 aliphatic carbocycles. The van der Waals surface area contributed by atoms with Crippen molar-refractivity contribution in [2.45, 2.75) is 50.6 Å². The minimum absolute atomic E-state index is 0.241. The molecule has 0 unspecified atom stereocenters. The van der Waals surface area contributed by atoms with E-state index >= 15 is 0 Å². The lowest BCUT2D eigenvalue weighted by Gasteiger charge is -2.24. The van der Waals surface area contributed by atoms with Gasteiger partial charge in [-0.05, 0) is 31.9 Å². The number of ether oxygens (including phenoxy) is 4. The van der Waals surface area contributed by atoms with Gasteiger partial charge >= 0.3 is 0 Å². The third-order valence-electron chi connectivity index (χ3n) is 6.00. The highest BCUT2D eigenvalue weighted by Crippen LogP contribution is 2.43. The molecule has 0 aromatic carbocycles. The molecule has 3 aromatic heterocycles. The van der Waals surface area contributed by atoms with E-state index in [0.717, 1.165) is 6.21 Å². The van der Waals surface area contributed by atoms with Gasteiger partial charge in [0.2, 0.25) is 0 Å². The lowest BCUT2D eigenvalue weighted by molar-refractivity contribution is -0.197. The van der Waals surface area contributed by atoms with Crippen molar-refractivity contribution < 1.29 is 28.9 Å². The Morgan fingerprint density at radius 2 is 2.13 bits per heavy atom. The fraction of sp³-hybridized carbons (Fsp3) is 0.417. The minimum atomic E-state index is -0.931. The van der Waals surface area contributed by atoms with Crippen LogP contribution in [-0.2, 0) is 19.0 Å². The Morgan fingerprint density at radius 1 is 1.32 bits per heavy atom. The molecule has 4 N–H and O–H groups in total. The predicted octanol–water partition coefficient (Wildman–Crippen LogP) is 0.596. The number of nitrogens with two attached hydrogens (primary N) is 1. The number of nitrogen functional groups attached to an aromatic ring is 1. The Bertz CT molecular complexity index is 1440. The molecule has 38 heavy (non-hydrogen) atoms. The van der Waals surface area contributed by atoms with E-state index in [1.54, 1.807) is 30.5 Å². The van der Waals surface area contributed by atoms with E-state index in [1.807, 2.05) is 0 Å². The van der Waals surface area contributed by atoms with Gasteiger partial charge in [-0.15, -0.1) is 0 Å². The Balaban J connectivity index is 1.25. The first-order chi connectivity index (χ1) is 18.3. The maximum atomic E-state index is 13.1. The highest BCUT2D eigenvalue weighted by atomic mass is 16.8. The number of nitrogens with zero attached hydrogens (tertiary/aromatic N) is 6. The first-order valence-corrected chi connectivity index (χ1v) is 11.7. The van der Waals surface area contributed by atoms with Crippen LogP contribution in [-0.4, -0.2) is 79.6 Å². The number of hydrogen-bond acceptors (Lipinski definition) is 12. The Labute approximate surface area is 217 Å². The van der Waals surface area contributed by atoms with Gasteiger partial charge in [-0.25, -0.2) is 19.9 Å². The van der Waals surface area contributed by atoms with E-state index in [-0.39, 0.29) is 18.3 Å². The van der Waals surface area contributed by atoms with Gasteiger partial charge in [-0.3, -0.25) is 9.36 Å². The van der Waals surface area contributed by atoms with Gasteiger partial charge in [0, 0.05) is 13.0 Å². The van der Waals surface area contributed by atoms with Gasteiger partial charge in [0.25, 0.3) is 5.91 Å². The number of methoxy groups -OCH3 is 1. The fourth-order valence-electron chi connectivity index (χ4n) is 4.42. The zero-order chi connectivity index (χ0) is 26.9. The van der Waals surface area contributed by atoms with E-state index in [4.69, 9.17) is 29.9 Å². The molecule has 2 fully saturated rings. The molecule has 5 rings (SSSR count). The van der Waals surface area contributed by atoms with Crippen molar-refractivity contribution in [3.05, 3.63) is 36.2 Å². The highest BCUT2D eigenvalue weighted by Gasteiger charge is 2.58. The monoisotopic (exact) mass is 522 g/mol. The Kier molecular flexibility index (Phi) is 6.81. The number of hydrogen-bond donors (Lipinski definition) is 3. The van der Waals surface area contributed by atoms with E-state index in [1.165, 1.54) is 19.8 Å². The number of carbonyl (C=O) groups is 1. The molecule has 14 heteroatoms. The summed E-state index contributed by atoms with van der Waals surface area (Å²) in [7, 11) is 1.49. The SMILES string of the molecule is COc1ccc(C#CCCNC(=O)[C@H]2O[C@@H](n3cnc4c(N)ncnc43)[C@@H]3OC(C)(C)O[C@@H]32)nc1C=NO. The molecular formula is C24H26N8O6. The summed E-state index contributed by atoms with van der Waals surface area (Å²) < 4.78 is 25.1. The first-order valence-electron chi connectivity index (χ1n) is 11.7. The molecule has 198 valence electrons. The fourth-order valence-corrected chi connectivity index (χ4v) is 4.42. The summed E-state index contributed by atoms with van der Waals surface area (Å²) in [6.45, 7) is 3.84. The van der Waals surface area contributed by atoms with Crippen molar-refractivity contribution in [2.24, 2.45) is 5.16 Å². The smallest absolute Gasteiger partial charge is 0.252 e. The number of amides is 1. The number of fused-ring (bicyclic) bond motifs is 2. The maximum Gasteiger partial charge on any atom is 0.252 e. The van der Waals surface area contributed by atoms with Gasteiger partial charge in [-0.2, -0.15) is 0 Å². The van der Waals surface area contributed by atoms with Crippen LogP contribution in [0.15, 0.2) is 29.9 Å². The number of nitrogens with one attached hydrogen (secondary N) is 1. The Morgan fingerprint density at radius 3 is 2.92 bits per heavy atom. The van der Waals surface area contributed by atoms with Crippen molar-refractivity contribution in [1.82, 2.24) is 29.8 Å². The topological polar surface area (TPSA) is 181 Å². The number of anilines is 1. The van der Waals surface area contributed by atoms with Gasteiger partial charge in [-0.1, -0.05) is 11.1 Å². The second kappa shape index (κ2) is 10.2. The average Bonchev–Trinajstić information content (AvgIpc) is 3.55. The van der Waals surface area contributed by atoms with E-state index < -0.39 is 30.3 Å². The summed E-state index contributed by atoms with van der Waals surface area (Å²) >= 11 is 0. The third kappa shape index (κ3) is 4.82. The lowest BCUT2D eigenvalue weighted by atomic mass is 10.1. The van der Waals surface area contributed by atoms with E-state index in [2.05, 4.69) is 42.2 Å². The van der Waals surface area contributed by atoms with Gasteiger partial charge in [0.15, 0.2) is 29.6 Å². The number of rotatable bonds is 6. The summed E-state index contributed by atoms with van der Waals surface area (Å²) in [6.07, 6.45) is 1.53. The van der Waals surface area contributed by atoms with Crippen LogP contribution in [0.2, 0.25) is 0 Å². The number of pyridine rings is 1. The second-order valence-corrected chi connectivity index (χ2v) is 8.97. The van der Waals surface area contributed by atoms with Crippen LogP contribution in [0.4, 0.5) is 5.82 Å². The van der Waals surface area contributed by atoms with E-state index in [0.29, 0.717) is 34.7 Å². The quantitative estimate of drug-likeness (QED) is 0.136. The molecule has 14 nitrogen and oxygen atoms in total. The van der Waals surface area contributed by atoms with Gasteiger partial charge in [0.05, 0.1) is 19.7 Å². The molecular weight excluding hydrogens is 496 g/mol. The molecule has 0 bridgehead atoms. The van der Waals surface area contributed by atoms with Crippen LogP contribution in [0.1, 0.15) is 37.9 Å². The van der Waals surface area contributed by atoms with Crippen molar-refractivity contribution >= 4 is 29.1 Å². The summed E-state index contributed by atoms with van der Waals surface area (Å²) in [4.78, 5) is 29.9. The molecule has 0 radical (unpaired) electrons. The number of oxime groups is 1. The number of imidazole rings is 1. The van der Waals surface area contributed by atoms with Crippen LogP contribution < -0.4 is 15.8 Å². The van der Waals surface area contributed by atoms with Crippen LogP contribution in [0.5, 0.6) is 5.75 Å². The minimum Gasteiger partial charge on any atom is -0.494 e. The van der Waals surface area contributed by atoms with Gasteiger partial charge in [0.1, 0.15) is 41.2 Å².